The summed E-state index contributed by atoms with van der Waals surface area (Å²) >= 11 is 0. The molecule has 78 valence electrons. The molecule has 2 nitrogen and oxygen atoms in total. The lowest BCUT2D eigenvalue weighted by Gasteiger charge is -2.06. The molecule has 0 heterocycles. The van der Waals surface area contributed by atoms with Crippen LogP contribution < -0.4 is 5.73 Å². The Morgan fingerprint density at radius 2 is 2.00 bits per heavy atom. The van der Waals surface area contributed by atoms with Crippen LogP contribution in [0.5, 0.6) is 0 Å². The zero-order chi connectivity index (χ0) is 10.2. The Bertz CT molecular complexity index is 233. The first kappa shape index (κ1) is 11.2. The summed E-state index contributed by atoms with van der Waals surface area (Å²) in [4.78, 5) is 0. The third-order valence-electron chi connectivity index (χ3n) is 2.06. The summed E-state index contributed by atoms with van der Waals surface area (Å²) in [6.07, 6.45) is 2.08. The summed E-state index contributed by atoms with van der Waals surface area (Å²) in [6.45, 7) is 3.54. The Balaban J connectivity index is 2.05. The van der Waals surface area contributed by atoms with E-state index >= 15 is 0 Å². The van der Waals surface area contributed by atoms with Crippen molar-refractivity contribution in [2.24, 2.45) is 5.73 Å². The van der Waals surface area contributed by atoms with Crippen molar-refractivity contribution >= 4 is 0 Å². The van der Waals surface area contributed by atoms with E-state index in [0.29, 0.717) is 6.61 Å². The molecule has 0 radical (unpaired) electrons. The van der Waals surface area contributed by atoms with E-state index in [-0.39, 0.29) is 6.04 Å². The van der Waals surface area contributed by atoms with Crippen LogP contribution in [0, 0.1) is 0 Å². The number of ether oxygens (including phenoxy) is 1. The minimum Gasteiger partial charge on any atom is -0.377 e. The van der Waals surface area contributed by atoms with Gasteiger partial charge in [0.1, 0.15) is 0 Å². The first-order chi connectivity index (χ1) is 6.79. The van der Waals surface area contributed by atoms with E-state index in [0.717, 1.165) is 19.4 Å². The molecular weight excluding hydrogens is 174 g/mol. The van der Waals surface area contributed by atoms with E-state index in [1.807, 2.05) is 25.1 Å². The smallest absolute Gasteiger partial charge is 0.0716 e. The predicted molar refractivity (Wildman–Crippen MR) is 59.0 cm³/mol. The van der Waals surface area contributed by atoms with Crippen LogP contribution in [-0.4, -0.2) is 12.6 Å². The molecule has 1 atom stereocenters. The summed E-state index contributed by atoms with van der Waals surface area (Å²) in [6, 6.07) is 10.5. The van der Waals surface area contributed by atoms with Gasteiger partial charge in [-0.1, -0.05) is 30.3 Å². The van der Waals surface area contributed by atoms with Gasteiger partial charge in [0.15, 0.2) is 0 Å². The number of rotatable bonds is 6. The van der Waals surface area contributed by atoms with E-state index in [1.54, 1.807) is 0 Å². The number of nitrogens with two attached hydrogens (primary N) is 1. The molecule has 14 heavy (non-hydrogen) atoms. The molecule has 2 N–H and O–H groups in total. The van der Waals surface area contributed by atoms with Crippen LogP contribution in [-0.2, 0) is 11.3 Å². The molecule has 1 aromatic carbocycles. The SMILES string of the molecule is C[C@@H](N)CCCOCc1ccccc1. The minimum atomic E-state index is 0.287. The Labute approximate surface area is 86.1 Å². The Morgan fingerprint density at radius 3 is 2.64 bits per heavy atom. The van der Waals surface area contributed by atoms with Crippen LogP contribution in [0.2, 0.25) is 0 Å². The third-order valence-corrected chi connectivity index (χ3v) is 2.06. The molecule has 0 saturated heterocycles. The Kier molecular flexibility index (Phi) is 5.27. The third kappa shape index (κ3) is 5.00. The van der Waals surface area contributed by atoms with Crippen LogP contribution in [0.25, 0.3) is 0 Å². The highest BCUT2D eigenvalue weighted by atomic mass is 16.5. The van der Waals surface area contributed by atoms with Gasteiger partial charge in [-0.3, -0.25) is 0 Å². The van der Waals surface area contributed by atoms with Gasteiger partial charge >= 0.3 is 0 Å². The molecular formula is C12H19NO. The van der Waals surface area contributed by atoms with Gasteiger partial charge < -0.3 is 10.5 Å². The maximum absolute atomic E-state index is 5.63. The summed E-state index contributed by atoms with van der Waals surface area (Å²) in [5.74, 6) is 0. The zero-order valence-electron chi connectivity index (χ0n) is 8.78. The van der Waals surface area contributed by atoms with Gasteiger partial charge in [-0.2, -0.15) is 0 Å². The highest BCUT2D eigenvalue weighted by molar-refractivity contribution is 5.13. The first-order valence-corrected chi connectivity index (χ1v) is 5.16. The van der Waals surface area contributed by atoms with Crippen LogP contribution in [0.15, 0.2) is 30.3 Å². The average molecular weight is 193 g/mol. The average Bonchev–Trinajstić information content (AvgIpc) is 2.18. The molecule has 2 heteroatoms. The lowest BCUT2D eigenvalue weighted by atomic mass is 10.2. The fraction of sp³-hybridized carbons (Fsp3) is 0.500. The van der Waals surface area contributed by atoms with E-state index in [4.69, 9.17) is 10.5 Å². The van der Waals surface area contributed by atoms with E-state index in [9.17, 15) is 0 Å². The van der Waals surface area contributed by atoms with Crippen LogP contribution in [0.4, 0.5) is 0 Å². The molecule has 0 fully saturated rings. The second kappa shape index (κ2) is 6.57. The molecule has 1 rings (SSSR count). The second-order valence-corrected chi connectivity index (χ2v) is 3.66. The predicted octanol–water partition coefficient (Wildman–Crippen LogP) is 2.33. The lowest BCUT2D eigenvalue weighted by Crippen LogP contribution is -2.15. The number of hydrogen-bond donors (Lipinski definition) is 1. The van der Waals surface area contributed by atoms with Crippen LogP contribution >= 0.6 is 0 Å². The zero-order valence-corrected chi connectivity index (χ0v) is 8.78. The van der Waals surface area contributed by atoms with E-state index in [1.165, 1.54) is 5.56 Å². The molecule has 0 aromatic heterocycles. The maximum atomic E-state index is 5.63. The molecule has 0 amide bonds. The summed E-state index contributed by atoms with van der Waals surface area (Å²) < 4.78 is 5.51. The van der Waals surface area contributed by atoms with Gasteiger partial charge in [-0.25, -0.2) is 0 Å². The topological polar surface area (TPSA) is 35.2 Å². The molecule has 0 aliphatic heterocycles. The van der Waals surface area contributed by atoms with E-state index in [2.05, 4.69) is 12.1 Å². The van der Waals surface area contributed by atoms with Gasteiger partial charge in [0.2, 0.25) is 0 Å². The fourth-order valence-corrected chi connectivity index (χ4v) is 1.27. The fourth-order valence-electron chi connectivity index (χ4n) is 1.27. The Morgan fingerprint density at radius 1 is 1.29 bits per heavy atom. The Hall–Kier alpha value is -0.860. The van der Waals surface area contributed by atoms with Crippen molar-refractivity contribution in [1.29, 1.82) is 0 Å². The van der Waals surface area contributed by atoms with Crippen molar-refractivity contribution < 1.29 is 4.74 Å². The van der Waals surface area contributed by atoms with Crippen molar-refractivity contribution in [3.63, 3.8) is 0 Å². The molecule has 0 spiro atoms. The van der Waals surface area contributed by atoms with Crippen molar-refractivity contribution in [3.05, 3.63) is 35.9 Å². The standard InChI is InChI=1S/C12H19NO/c1-11(13)6-5-9-14-10-12-7-3-2-4-8-12/h2-4,7-8,11H,5-6,9-10,13H2,1H3/t11-/m1/s1. The summed E-state index contributed by atoms with van der Waals surface area (Å²) in [7, 11) is 0. The van der Waals surface area contributed by atoms with Crippen LogP contribution in [0.1, 0.15) is 25.3 Å². The largest absolute Gasteiger partial charge is 0.377 e. The highest BCUT2D eigenvalue weighted by Crippen LogP contribution is 2.01. The normalized spacial score (nSPS) is 12.7. The summed E-state index contributed by atoms with van der Waals surface area (Å²) in [5.41, 5.74) is 6.86. The van der Waals surface area contributed by atoms with Crippen molar-refractivity contribution in [2.75, 3.05) is 6.61 Å². The molecule has 0 saturated carbocycles. The van der Waals surface area contributed by atoms with Crippen molar-refractivity contribution in [2.45, 2.75) is 32.4 Å². The van der Waals surface area contributed by atoms with Crippen LogP contribution in [0.3, 0.4) is 0 Å². The second-order valence-electron chi connectivity index (χ2n) is 3.66. The number of hydrogen-bond acceptors (Lipinski definition) is 2. The molecule has 1 aromatic rings. The molecule has 0 bridgehead atoms. The monoisotopic (exact) mass is 193 g/mol. The maximum Gasteiger partial charge on any atom is 0.0716 e. The molecule has 0 aliphatic carbocycles. The highest BCUT2D eigenvalue weighted by Gasteiger charge is 1.95. The van der Waals surface area contributed by atoms with Gasteiger partial charge in [0.05, 0.1) is 6.61 Å². The lowest BCUT2D eigenvalue weighted by molar-refractivity contribution is 0.116. The van der Waals surface area contributed by atoms with E-state index < -0.39 is 0 Å². The van der Waals surface area contributed by atoms with Gasteiger partial charge in [0, 0.05) is 12.6 Å². The molecule has 0 unspecified atom stereocenters. The van der Waals surface area contributed by atoms with Gasteiger partial charge in [-0.15, -0.1) is 0 Å². The van der Waals surface area contributed by atoms with Crippen molar-refractivity contribution in [3.8, 4) is 0 Å². The summed E-state index contributed by atoms with van der Waals surface area (Å²) in [5, 5.41) is 0. The van der Waals surface area contributed by atoms with Crippen molar-refractivity contribution in [1.82, 2.24) is 0 Å². The van der Waals surface area contributed by atoms with Gasteiger partial charge in [0.25, 0.3) is 0 Å². The number of benzene rings is 1. The van der Waals surface area contributed by atoms with Gasteiger partial charge in [-0.05, 0) is 25.3 Å². The minimum absolute atomic E-state index is 0.287. The first-order valence-electron chi connectivity index (χ1n) is 5.16. The molecule has 0 aliphatic rings. The quantitative estimate of drug-likeness (QED) is 0.704.